The average molecular weight is 331 g/mol. The van der Waals surface area contributed by atoms with E-state index in [0.717, 1.165) is 10.7 Å². The third-order valence-corrected chi connectivity index (χ3v) is 5.80. The first-order valence-electron chi connectivity index (χ1n) is 6.83. The van der Waals surface area contributed by atoms with Crippen molar-refractivity contribution in [1.82, 2.24) is 4.31 Å². The number of esters is 1. The van der Waals surface area contributed by atoms with Crippen molar-refractivity contribution in [3.8, 4) is 0 Å². The zero-order valence-corrected chi connectivity index (χ0v) is 12.8. The molecule has 1 rings (SSSR count). The molecule has 0 aromatic carbocycles. The van der Waals surface area contributed by atoms with Crippen LogP contribution in [0.1, 0.15) is 39.5 Å². The fourth-order valence-corrected chi connectivity index (χ4v) is 4.38. The summed E-state index contributed by atoms with van der Waals surface area (Å²) in [5.74, 6) is -1.16. The lowest BCUT2D eigenvalue weighted by Gasteiger charge is -2.35. The van der Waals surface area contributed by atoms with Crippen LogP contribution in [0, 0.1) is 0 Å². The molecule has 2 atom stereocenters. The van der Waals surface area contributed by atoms with E-state index in [1.807, 2.05) is 0 Å². The van der Waals surface area contributed by atoms with Gasteiger partial charge in [-0.05, 0) is 26.7 Å². The molecule has 1 aliphatic rings. The number of ether oxygens (including phenoxy) is 1. The number of nitrogens with zero attached hydrogens (tertiary/aromatic N) is 1. The molecule has 21 heavy (non-hydrogen) atoms. The van der Waals surface area contributed by atoms with Crippen molar-refractivity contribution in [1.29, 1.82) is 0 Å². The second-order valence-electron chi connectivity index (χ2n) is 5.04. The van der Waals surface area contributed by atoms with Gasteiger partial charge in [-0.25, -0.2) is 8.42 Å². The molecule has 0 bridgehead atoms. The lowest BCUT2D eigenvalue weighted by Crippen LogP contribution is -2.51. The number of piperidine rings is 1. The lowest BCUT2D eigenvalue weighted by atomic mass is 10.1. The molecule has 0 radical (unpaired) electrons. The van der Waals surface area contributed by atoms with E-state index in [1.165, 1.54) is 6.92 Å². The molecule has 0 aromatic rings. The number of carbonyl (C=O) groups is 1. The second kappa shape index (κ2) is 6.95. The molecule has 1 saturated heterocycles. The maximum atomic E-state index is 13.1. The van der Waals surface area contributed by atoms with E-state index >= 15 is 0 Å². The standard InChI is InChI=1S/C12H20F3NO4S/c1-3-20-11(17)8-10(12(13,14)15)21(18,19)16-7-5-4-6-9(16)2/h9-10H,3-8H2,1-2H3/t9-,10-/m0/s1. The first kappa shape index (κ1) is 18.2. The molecule has 1 heterocycles. The van der Waals surface area contributed by atoms with Gasteiger partial charge in [0.15, 0.2) is 5.25 Å². The van der Waals surface area contributed by atoms with Gasteiger partial charge >= 0.3 is 12.1 Å². The Balaban J connectivity index is 3.03. The van der Waals surface area contributed by atoms with Crippen molar-refractivity contribution in [2.45, 2.75) is 57.0 Å². The maximum Gasteiger partial charge on any atom is 0.407 e. The summed E-state index contributed by atoms with van der Waals surface area (Å²) in [5, 5.41) is -2.75. The van der Waals surface area contributed by atoms with Crippen LogP contribution in [0.4, 0.5) is 13.2 Å². The van der Waals surface area contributed by atoms with Gasteiger partial charge < -0.3 is 4.74 Å². The van der Waals surface area contributed by atoms with E-state index in [4.69, 9.17) is 0 Å². The predicted molar refractivity (Wildman–Crippen MR) is 70.0 cm³/mol. The highest BCUT2D eigenvalue weighted by Gasteiger charge is 2.53. The molecule has 0 N–H and O–H groups in total. The molecule has 0 aromatic heterocycles. The van der Waals surface area contributed by atoms with E-state index in [1.54, 1.807) is 6.92 Å². The maximum absolute atomic E-state index is 13.1. The third-order valence-electron chi connectivity index (χ3n) is 3.45. The number of rotatable bonds is 5. The Morgan fingerprint density at radius 2 is 2.00 bits per heavy atom. The Morgan fingerprint density at radius 3 is 2.48 bits per heavy atom. The molecule has 0 amide bonds. The Bertz CT molecular complexity index is 464. The van der Waals surface area contributed by atoms with Crippen LogP contribution < -0.4 is 0 Å². The number of sulfonamides is 1. The van der Waals surface area contributed by atoms with Gasteiger partial charge in [-0.15, -0.1) is 0 Å². The van der Waals surface area contributed by atoms with Gasteiger partial charge in [0.2, 0.25) is 10.0 Å². The summed E-state index contributed by atoms with van der Waals surface area (Å²) in [6.45, 7) is 2.98. The SMILES string of the molecule is CCOC(=O)C[C@@H](C(F)(F)F)S(=O)(=O)N1CCCC[C@@H]1C. The highest BCUT2D eigenvalue weighted by molar-refractivity contribution is 7.89. The molecule has 1 fully saturated rings. The van der Waals surface area contributed by atoms with Crippen LogP contribution in [-0.4, -0.2) is 49.3 Å². The predicted octanol–water partition coefficient (Wildman–Crippen LogP) is 2.07. The van der Waals surface area contributed by atoms with Gasteiger partial charge in [-0.2, -0.15) is 17.5 Å². The number of hydrogen-bond donors (Lipinski definition) is 0. The summed E-state index contributed by atoms with van der Waals surface area (Å²) < 4.78 is 69.1. The quantitative estimate of drug-likeness (QED) is 0.724. The van der Waals surface area contributed by atoms with Crippen LogP contribution >= 0.6 is 0 Å². The Labute approximate surface area is 122 Å². The summed E-state index contributed by atoms with van der Waals surface area (Å²) in [5.41, 5.74) is 0. The molecule has 0 aliphatic carbocycles. The van der Waals surface area contributed by atoms with E-state index < -0.39 is 39.9 Å². The summed E-state index contributed by atoms with van der Waals surface area (Å²) >= 11 is 0. The van der Waals surface area contributed by atoms with E-state index in [9.17, 15) is 26.4 Å². The Hall–Kier alpha value is -0.830. The summed E-state index contributed by atoms with van der Waals surface area (Å²) in [4.78, 5) is 11.3. The zero-order valence-electron chi connectivity index (χ0n) is 12.0. The van der Waals surface area contributed by atoms with Crippen LogP contribution in [0.25, 0.3) is 0 Å². The summed E-state index contributed by atoms with van der Waals surface area (Å²) in [6.07, 6.45) is -4.40. The fourth-order valence-electron chi connectivity index (χ4n) is 2.37. The van der Waals surface area contributed by atoms with Crippen LogP contribution in [0.5, 0.6) is 0 Å². The van der Waals surface area contributed by atoms with E-state index in [2.05, 4.69) is 4.74 Å². The minimum Gasteiger partial charge on any atom is -0.466 e. The van der Waals surface area contributed by atoms with Gasteiger partial charge in [0.1, 0.15) is 0 Å². The minimum absolute atomic E-state index is 0.0545. The van der Waals surface area contributed by atoms with Crippen LogP contribution in [0.2, 0.25) is 0 Å². The Morgan fingerprint density at radius 1 is 1.38 bits per heavy atom. The summed E-state index contributed by atoms with van der Waals surface area (Å²) in [7, 11) is -4.64. The monoisotopic (exact) mass is 331 g/mol. The smallest absolute Gasteiger partial charge is 0.407 e. The van der Waals surface area contributed by atoms with Gasteiger partial charge in [0.25, 0.3) is 0 Å². The average Bonchev–Trinajstić information content (AvgIpc) is 2.35. The molecule has 9 heteroatoms. The fraction of sp³-hybridized carbons (Fsp3) is 0.917. The normalized spacial score (nSPS) is 22.8. The van der Waals surface area contributed by atoms with Gasteiger partial charge in [-0.3, -0.25) is 4.79 Å². The molecule has 0 spiro atoms. The van der Waals surface area contributed by atoms with Crippen LogP contribution in [0.15, 0.2) is 0 Å². The summed E-state index contributed by atoms with van der Waals surface area (Å²) in [6, 6.07) is -0.490. The van der Waals surface area contributed by atoms with Crippen molar-refractivity contribution in [3.05, 3.63) is 0 Å². The van der Waals surface area contributed by atoms with Gasteiger partial charge in [0.05, 0.1) is 13.0 Å². The molecule has 0 unspecified atom stereocenters. The third kappa shape index (κ3) is 4.57. The molecular weight excluding hydrogens is 311 g/mol. The molecule has 1 aliphatic heterocycles. The van der Waals surface area contributed by atoms with Crippen molar-refractivity contribution in [3.63, 3.8) is 0 Å². The number of hydrogen-bond acceptors (Lipinski definition) is 4. The van der Waals surface area contributed by atoms with Crippen LogP contribution in [-0.2, 0) is 19.6 Å². The van der Waals surface area contributed by atoms with Crippen molar-refractivity contribution < 1.29 is 31.1 Å². The zero-order chi connectivity index (χ0) is 16.3. The van der Waals surface area contributed by atoms with Gasteiger partial charge in [-0.1, -0.05) is 6.42 Å². The molecule has 5 nitrogen and oxygen atoms in total. The molecule has 0 saturated carbocycles. The number of alkyl halides is 3. The highest BCUT2D eigenvalue weighted by Crippen LogP contribution is 2.33. The Kier molecular flexibility index (Phi) is 6.03. The minimum atomic E-state index is -5.01. The lowest BCUT2D eigenvalue weighted by molar-refractivity contribution is -0.155. The highest BCUT2D eigenvalue weighted by atomic mass is 32.2. The van der Waals surface area contributed by atoms with Gasteiger partial charge in [0, 0.05) is 12.6 Å². The number of halogens is 3. The van der Waals surface area contributed by atoms with Crippen molar-refractivity contribution >= 4 is 16.0 Å². The molecular formula is C12H20F3NO4S. The van der Waals surface area contributed by atoms with Crippen molar-refractivity contribution in [2.75, 3.05) is 13.2 Å². The van der Waals surface area contributed by atoms with E-state index in [-0.39, 0.29) is 13.2 Å². The number of carbonyl (C=O) groups excluding carboxylic acids is 1. The largest absolute Gasteiger partial charge is 0.466 e. The van der Waals surface area contributed by atoms with Crippen molar-refractivity contribution in [2.24, 2.45) is 0 Å². The van der Waals surface area contributed by atoms with E-state index in [0.29, 0.717) is 12.8 Å². The first-order valence-corrected chi connectivity index (χ1v) is 8.34. The first-order chi connectivity index (χ1) is 9.60. The topological polar surface area (TPSA) is 63.7 Å². The van der Waals surface area contributed by atoms with Crippen LogP contribution in [0.3, 0.4) is 0 Å². The second-order valence-corrected chi connectivity index (χ2v) is 7.11. The molecule has 124 valence electrons.